The molecule has 2 atom stereocenters. The Bertz CT molecular complexity index is 1020. The summed E-state index contributed by atoms with van der Waals surface area (Å²) in [5.41, 5.74) is -0.186. The van der Waals surface area contributed by atoms with E-state index in [1.165, 1.54) is 12.1 Å². The van der Waals surface area contributed by atoms with Gasteiger partial charge in [0.15, 0.2) is 5.60 Å². The maximum Gasteiger partial charge on any atom is 0.272 e. The number of hydrogen-bond acceptors (Lipinski definition) is 4. The highest BCUT2D eigenvalue weighted by molar-refractivity contribution is 9.10. The predicted octanol–water partition coefficient (Wildman–Crippen LogP) is 3.82. The summed E-state index contributed by atoms with van der Waals surface area (Å²) in [6.45, 7) is 0.754. The first-order valence-electron chi connectivity index (χ1n) is 10.2. The van der Waals surface area contributed by atoms with Crippen molar-refractivity contribution in [1.82, 2.24) is 14.8 Å². The summed E-state index contributed by atoms with van der Waals surface area (Å²) >= 11 is 3.30. The number of amides is 2. The first-order chi connectivity index (χ1) is 14.9. The number of carbonyl (C=O) groups excluding carboxylic acids is 2. The van der Waals surface area contributed by atoms with Gasteiger partial charge in [-0.15, -0.1) is 0 Å². The van der Waals surface area contributed by atoms with Crippen LogP contribution in [0.5, 0.6) is 0 Å². The Labute approximate surface area is 186 Å². The predicted molar refractivity (Wildman–Crippen MR) is 110 cm³/mol. The summed E-state index contributed by atoms with van der Waals surface area (Å²) in [5, 5.41) is 0. The fourth-order valence-electron chi connectivity index (χ4n) is 4.88. The maximum absolute atomic E-state index is 13.7. The molecule has 1 aromatic carbocycles. The van der Waals surface area contributed by atoms with E-state index in [0.29, 0.717) is 50.0 Å². The zero-order valence-electron chi connectivity index (χ0n) is 16.6. The highest BCUT2D eigenvalue weighted by Gasteiger charge is 2.58. The van der Waals surface area contributed by atoms with Crippen LogP contribution in [-0.4, -0.2) is 51.5 Å². The topological polar surface area (TPSA) is 62.7 Å². The first kappa shape index (κ1) is 20.5. The number of rotatable bonds is 2. The van der Waals surface area contributed by atoms with E-state index in [1.54, 1.807) is 28.1 Å². The van der Waals surface area contributed by atoms with Gasteiger partial charge in [-0.2, -0.15) is 0 Å². The smallest absolute Gasteiger partial charge is 0.272 e. The molecule has 0 aliphatic carbocycles. The zero-order valence-corrected chi connectivity index (χ0v) is 18.1. The second-order valence-corrected chi connectivity index (χ2v) is 9.14. The molecular weight excluding hydrogens is 472 g/mol. The molecule has 5 rings (SSSR count). The van der Waals surface area contributed by atoms with E-state index in [4.69, 9.17) is 4.74 Å². The molecule has 0 N–H and O–H groups in total. The fourth-order valence-corrected chi connectivity index (χ4v) is 5.11. The minimum absolute atomic E-state index is 0.154. The van der Waals surface area contributed by atoms with E-state index in [0.717, 1.165) is 10.5 Å². The van der Waals surface area contributed by atoms with Crippen LogP contribution >= 0.6 is 15.9 Å². The van der Waals surface area contributed by atoms with Gasteiger partial charge >= 0.3 is 0 Å². The lowest BCUT2D eigenvalue weighted by atomic mass is 9.89. The van der Waals surface area contributed by atoms with Crippen LogP contribution in [0.4, 0.5) is 8.78 Å². The monoisotopic (exact) mass is 491 g/mol. The van der Waals surface area contributed by atoms with Crippen molar-refractivity contribution in [3.05, 3.63) is 63.9 Å². The number of likely N-dealkylation sites (tertiary alicyclic amines) is 1. The number of fused-ring (bicyclic) bond motifs is 1. The van der Waals surface area contributed by atoms with E-state index >= 15 is 0 Å². The molecule has 1 aromatic heterocycles. The van der Waals surface area contributed by atoms with E-state index in [2.05, 4.69) is 20.9 Å². The minimum Gasteiger partial charge on any atom is -0.342 e. The van der Waals surface area contributed by atoms with Gasteiger partial charge in [0.1, 0.15) is 23.6 Å². The summed E-state index contributed by atoms with van der Waals surface area (Å²) in [5.74, 6) is -1.65. The second-order valence-electron chi connectivity index (χ2n) is 8.23. The Balaban J connectivity index is 1.31. The third-order valence-corrected chi connectivity index (χ3v) is 6.86. The lowest BCUT2D eigenvalue weighted by Gasteiger charge is -2.37. The van der Waals surface area contributed by atoms with Crippen molar-refractivity contribution in [1.29, 1.82) is 0 Å². The molecule has 3 aliphatic heterocycles. The molecule has 6 nitrogen and oxygen atoms in total. The maximum atomic E-state index is 13.7. The molecule has 0 unspecified atom stereocenters. The third kappa shape index (κ3) is 3.53. The van der Waals surface area contributed by atoms with Gasteiger partial charge in [-0.3, -0.25) is 9.59 Å². The van der Waals surface area contributed by atoms with E-state index < -0.39 is 29.5 Å². The molecule has 0 bridgehead atoms. The van der Waals surface area contributed by atoms with Crippen molar-refractivity contribution < 1.29 is 23.1 Å². The molecule has 4 heterocycles. The van der Waals surface area contributed by atoms with Crippen molar-refractivity contribution in [2.45, 2.75) is 43.6 Å². The number of carbonyl (C=O) groups is 2. The molecule has 3 fully saturated rings. The van der Waals surface area contributed by atoms with Gasteiger partial charge < -0.3 is 14.5 Å². The SMILES string of the molecule is O=C(c1ccc(Br)cn1)N1CCC2(CC1)O[C@@H]1CC[C@@H](c3cc(F)cc(F)c3)N1C2=O. The summed E-state index contributed by atoms with van der Waals surface area (Å²) < 4.78 is 34.5. The summed E-state index contributed by atoms with van der Waals surface area (Å²) in [4.78, 5) is 33.6. The normalized spacial score (nSPS) is 24.7. The van der Waals surface area contributed by atoms with E-state index in [9.17, 15) is 18.4 Å². The number of ether oxygens (including phenoxy) is 1. The van der Waals surface area contributed by atoms with Gasteiger partial charge in [0.05, 0.1) is 6.04 Å². The molecule has 3 saturated heterocycles. The van der Waals surface area contributed by atoms with Crippen LogP contribution in [0.1, 0.15) is 47.8 Å². The number of piperidine rings is 1. The molecule has 2 aromatic rings. The van der Waals surface area contributed by atoms with Crippen molar-refractivity contribution in [2.24, 2.45) is 0 Å². The average Bonchev–Trinajstić information content (AvgIpc) is 3.26. The van der Waals surface area contributed by atoms with Crippen molar-refractivity contribution in [2.75, 3.05) is 13.1 Å². The van der Waals surface area contributed by atoms with E-state index in [1.807, 2.05) is 0 Å². The van der Waals surface area contributed by atoms with Crippen LogP contribution in [0.25, 0.3) is 0 Å². The summed E-state index contributed by atoms with van der Waals surface area (Å²) in [7, 11) is 0. The molecular formula is C22H20BrF2N3O3. The average molecular weight is 492 g/mol. The summed E-state index contributed by atoms with van der Waals surface area (Å²) in [6, 6.07) is 6.40. The van der Waals surface area contributed by atoms with Crippen LogP contribution in [0.3, 0.4) is 0 Å². The fraction of sp³-hybridized carbons (Fsp3) is 0.409. The Morgan fingerprint density at radius 1 is 1.13 bits per heavy atom. The van der Waals surface area contributed by atoms with Crippen molar-refractivity contribution in [3.8, 4) is 0 Å². The largest absolute Gasteiger partial charge is 0.342 e. The number of nitrogens with zero attached hydrogens (tertiary/aromatic N) is 3. The van der Waals surface area contributed by atoms with Gasteiger partial charge in [-0.1, -0.05) is 0 Å². The third-order valence-electron chi connectivity index (χ3n) is 6.39. The van der Waals surface area contributed by atoms with E-state index in [-0.39, 0.29) is 11.8 Å². The quantitative estimate of drug-likeness (QED) is 0.640. The van der Waals surface area contributed by atoms with Gasteiger partial charge in [0, 0.05) is 42.7 Å². The van der Waals surface area contributed by atoms with Crippen LogP contribution in [0.2, 0.25) is 0 Å². The molecule has 1 spiro atoms. The molecule has 2 amide bonds. The number of aromatic nitrogens is 1. The molecule has 3 aliphatic rings. The van der Waals surface area contributed by atoms with Crippen molar-refractivity contribution >= 4 is 27.7 Å². The van der Waals surface area contributed by atoms with Gasteiger partial charge in [-0.25, -0.2) is 13.8 Å². The number of hydrogen-bond donors (Lipinski definition) is 0. The van der Waals surface area contributed by atoms with Crippen LogP contribution in [0, 0.1) is 11.6 Å². The number of benzene rings is 1. The Hall–Kier alpha value is -2.39. The molecule has 0 radical (unpaired) electrons. The second kappa shape index (κ2) is 7.63. The van der Waals surface area contributed by atoms with Crippen molar-refractivity contribution in [3.63, 3.8) is 0 Å². The standard InChI is InChI=1S/C22H20BrF2N3O3/c23-14-1-2-17(26-12-14)20(29)27-7-5-22(6-8-27)21(30)28-18(3-4-19(28)31-22)13-9-15(24)11-16(25)10-13/h1-2,9-12,18-19H,3-8H2/t18-,19+/m0/s1. The Kier molecular flexibility index (Phi) is 5.05. The van der Waals surface area contributed by atoms with Gasteiger partial charge in [-0.05, 0) is 58.6 Å². The Morgan fingerprint density at radius 2 is 1.84 bits per heavy atom. The lowest BCUT2D eigenvalue weighted by Crippen LogP contribution is -2.51. The number of halogens is 3. The van der Waals surface area contributed by atoms with Crippen LogP contribution in [-0.2, 0) is 9.53 Å². The molecule has 162 valence electrons. The first-order valence-corrected chi connectivity index (χ1v) is 11.0. The summed E-state index contributed by atoms with van der Waals surface area (Å²) in [6.07, 6.45) is 3.14. The highest BCUT2D eigenvalue weighted by Crippen LogP contribution is 2.47. The number of pyridine rings is 1. The van der Waals surface area contributed by atoms with Crippen LogP contribution in [0.15, 0.2) is 41.0 Å². The molecule has 0 saturated carbocycles. The minimum atomic E-state index is -0.987. The highest BCUT2D eigenvalue weighted by atomic mass is 79.9. The molecule has 9 heteroatoms. The Morgan fingerprint density at radius 3 is 2.48 bits per heavy atom. The van der Waals surface area contributed by atoms with Crippen LogP contribution < -0.4 is 0 Å². The lowest BCUT2D eigenvalue weighted by molar-refractivity contribution is -0.142. The zero-order chi connectivity index (χ0) is 21.8. The van der Waals surface area contributed by atoms with Gasteiger partial charge in [0.2, 0.25) is 0 Å². The molecule has 31 heavy (non-hydrogen) atoms. The van der Waals surface area contributed by atoms with Gasteiger partial charge in [0.25, 0.3) is 11.8 Å².